The van der Waals surface area contributed by atoms with Gasteiger partial charge in [-0.05, 0) is 17.5 Å². The molecule has 0 bridgehead atoms. The van der Waals surface area contributed by atoms with Crippen molar-refractivity contribution in [1.29, 1.82) is 0 Å². The quantitative estimate of drug-likeness (QED) is 0.582. The molecule has 0 aliphatic rings. The summed E-state index contributed by atoms with van der Waals surface area (Å²) in [5.41, 5.74) is 0.740. The second-order valence-corrected chi connectivity index (χ2v) is 6.66. The molecule has 3 amide bonds. The van der Waals surface area contributed by atoms with E-state index in [4.69, 9.17) is 16.3 Å². The van der Waals surface area contributed by atoms with E-state index in [1.165, 1.54) is 11.3 Å². The van der Waals surface area contributed by atoms with Crippen LogP contribution in [0.5, 0.6) is 0 Å². The number of aromatic amines is 1. The van der Waals surface area contributed by atoms with Crippen LogP contribution in [0.1, 0.15) is 15.4 Å². The second kappa shape index (κ2) is 8.03. The van der Waals surface area contributed by atoms with Crippen molar-refractivity contribution >= 4 is 51.7 Å². The monoisotopic (exact) mass is 391 g/mol. The smallest absolute Gasteiger partial charge is 0.356 e. The first-order valence-corrected chi connectivity index (χ1v) is 8.83. The zero-order valence-electron chi connectivity index (χ0n) is 13.4. The molecule has 0 atom stereocenters. The lowest BCUT2D eigenvalue weighted by Gasteiger charge is -2.06. The molecule has 0 aliphatic carbocycles. The number of halogens is 1. The summed E-state index contributed by atoms with van der Waals surface area (Å²) in [7, 11) is 0. The summed E-state index contributed by atoms with van der Waals surface area (Å²) in [6.07, 6.45) is 0. The Morgan fingerprint density at radius 3 is 2.69 bits per heavy atom. The molecule has 134 valence electrons. The van der Waals surface area contributed by atoms with Gasteiger partial charge in [0.05, 0.1) is 11.6 Å². The second-order valence-electron chi connectivity index (χ2n) is 5.25. The van der Waals surface area contributed by atoms with E-state index in [9.17, 15) is 14.4 Å². The highest BCUT2D eigenvalue weighted by atomic mass is 35.5. The van der Waals surface area contributed by atoms with Gasteiger partial charge in [-0.25, -0.2) is 9.59 Å². The van der Waals surface area contributed by atoms with Crippen LogP contribution in [0.4, 0.5) is 4.79 Å². The highest BCUT2D eigenvalue weighted by Gasteiger charge is 2.19. The molecule has 0 saturated heterocycles. The van der Waals surface area contributed by atoms with Crippen molar-refractivity contribution in [3.05, 3.63) is 57.4 Å². The molecule has 26 heavy (non-hydrogen) atoms. The molecule has 7 nitrogen and oxygen atoms in total. The fourth-order valence-corrected chi connectivity index (χ4v) is 3.17. The van der Waals surface area contributed by atoms with Gasteiger partial charge in [0.2, 0.25) is 0 Å². The Kier molecular flexibility index (Phi) is 5.55. The molecule has 0 unspecified atom stereocenters. The molecule has 0 saturated carbocycles. The molecule has 0 fully saturated rings. The molecular weight excluding hydrogens is 378 g/mol. The lowest BCUT2D eigenvalue weighted by Crippen LogP contribution is -2.41. The number of imide groups is 1. The van der Waals surface area contributed by atoms with Gasteiger partial charge in [0.25, 0.3) is 5.91 Å². The van der Waals surface area contributed by atoms with Gasteiger partial charge in [-0.15, -0.1) is 11.3 Å². The predicted molar refractivity (Wildman–Crippen MR) is 98.3 cm³/mol. The minimum Gasteiger partial charge on any atom is -0.451 e. The van der Waals surface area contributed by atoms with Crippen LogP contribution in [0, 0.1) is 0 Å². The standard InChI is InChI=1S/C17H14ClN3O4S/c18-14-11-5-1-2-6-12(11)20-15(14)16(23)25-9-13(22)21-17(24)19-8-10-4-3-7-26-10/h1-7,20H,8-9H2,(H2,19,21,22,24). The Labute approximate surface area is 157 Å². The molecule has 2 aromatic heterocycles. The molecule has 1 aromatic carbocycles. The lowest BCUT2D eigenvalue weighted by atomic mass is 10.2. The SMILES string of the molecule is O=C(COC(=O)c1[nH]c2ccccc2c1Cl)NC(=O)NCc1cccs1. The van der Waals surface area contributed by atoms with Crippen LogP contribution >= 0.6 is 22.9 Å². The van der Waals surface area contributed by atoms with E-state index in [2.05, 4.69) is 15.6 Å². The Morgan fingerprint density at radius 1 is 1.15 bits per heavy atom. The molecular formula is C17H14ClN3O4S. The number of para-hydroxylation sites is 1. The number of aromatic nitrogens is 1. The van der Waals surface area contributed by atoms with E-state index in [1.54, 1.807) is 24.3 Å². The van der Waals surface area contributed by atoms with E-state index >= 15 is 0 Å². The largest absolute Gasteiger partial charge is 0.451 e. The van der Waals surface area contributed by atoms with Crippen LogP contribution in [0.25, 0.3) is 10.9 Å². The average Bonchev–Trinajstić information content (AvgIpc) is 3.26. The van der Waals surface area contributed by atoms with Crippen molar-refractivity contribution in [3.63, 3.8) is 0 Å². The number of fused-ring (bicyclic) bond motifs is 1. The van der Waals surface area contributed by atoms with Gasteiger partial charge in [0.1, 0.15) is 5.69 Å². The summed E-state index contributed by atoms with van der Waals surface area (Å²) in [5.74, 6) is -1.52. The summed E-state index contributed by atoms with van der Waals surface area (Å²) < 4.78 is 4.91. The number of benzene rings is 1. The zero-order valence-corrected chi connectivity index (χ0v) is 14.9. The number of H-pyrrole nitrogens is 1. The highest BCUT2D eigenvalue weighted by molar-refractivity contribution is 7.09. The summed E-state index contributed by atoms with van der Waals surface area (Å²) in [6.45, 7) is -0.293. The van der Waals surface area contributed by atoms with Crippen LogP contribution in [-0.4, -0.2) is 29.5 Å². The van der Waals surface area contributed by atoms with Gasteiger partial charge >= 0.3 is 12.0 Å². The van der Waals surface area contributed by atoms with Crippen molar-refractivity contribution in [2.75, 3.05) is 6.61 Å². The Balaban J connectivity index is 1.49. The maximum absolute atomic E-state index is 12.1. The van der Waals surface area contributed by atoms with Gasteiger partial charge in [-0.2, -0.15) is 0 Å². The zero-order chi connectivity index (χ0) is 18.5. The first-order chi connectivity index (χ1) is 12.5. The number of urea groups is 1. The average molecular weight is 392 g/mol. The molecule has 0 aliphatic heterocycles. The number of ether oxygens (including phenoxy) is 1. The van der Waals surface area contributed by atoms with Crippen molar-refractivity contribution < 1.29 is 19.1 Å². The topological polar surface area (TPSA) is 100 Å². The van der Waals surface area contributed by atoms with Crippen LogP contribution in [0.15, 0.2) is 41.8 Å². The third-order valence-corrected chi connectivity index (χ3v) is 4.71. The Morgan fingerprint density at radius 2 is 1.96 bits per heavy atom. The van der Waals surface area contributed by atoms with E-state index in [-0.39, 0.29) is 10.7 Å². The summed E-state index contributed by atoms with van der Waals surface area (Å²) in [6, 6.07) is 10.2. The van der Waals surface area contributed by atoms with Gasteiger partial charge < -0.3 is 15.0 Å². The predicted octanol–water partition coefficient (Wildman–Crippen LogP) is 3.07. The number of hydrogen-bond donors (Lipinski definition) is 3. The first kappa shape index (κ1) is 18.0. The van der Waals surface area contributed by atoms with Gasteiger partial charge in [-0.1, -0.05) is 35.9 Å². The van der Waals surface area contributed by atoms with Gasteiger partial charge in [0, 0.05) is 15.8 Å². The molecule has 9 heteroatoms. The maximum Gasteiger partial charge on any atom is 0.356 e. The van der Waals surface area contributed by atoms with Crippen LogP contribution in [0.3, 0.4) is 0 Å². The Bertz CT molecular complexity index is 952. The van der Waals surface area contributed by atoms with E-state index in [0.717, 1.165) is 4.88 Å². The van der Waals surface area contributed by atoms with E-state index in [0.29, 0.717) is 17.4 Å². The van der Waals surface area contributed by atoms with E-state index < -0.39 is 24.5 Å². The number of amides is 3. The molecule has 0 spiro atoms. The number of carbonyl (C=O) groups is 3. The maximum atomic E-state index is 12.1. The van der Waals surface area contributed by atoms with Crippen molar-refractivity contribution in [2.24, 2.45) is 0 Å². The number of rotatable bonds is 5. The molecule has 3 rings (SSSR count). The number of esters is 1. The van der Waals surface area contributed by atoms with Crippen molar-refractivity contribution in [1.82, 2.24) is 15.6 Å². The first-order valence-electron chi connectivity index (χ1n) is 7.58. The summed E-state index contributed by atoms with van der Waals surface area (Å²) >= 11 is 7.63. The molecule has 3 aromatic rings. The Hall–Kier alpha value is -2.84. The molecule has 3 N–H and O–H groups in total. The molecule has 2 heterocycles. The van der Waals surface area contributed by atoms with E-state index in [1.807, 2.05) is 17.5 Å². The number of nitrogens with one attached hydrogen (secondary N) is 3. The fraction of sp³-hybridized carbons (Fsp3) is 0.118. The van der Waals surface area contributed by atoms with Crippen molar-refractivity contribution in [3.8, 4) is 0 Å². The number of thiophene rings is 1. The highest BCUT2D eigenvalue weighted by Crippen LogP contribution is 2.27. The van der Waals surface area contributed by atoms with Crippen LogP contribution in [0.2, 0.25) is 5.02 Å². The van der Waals surface area contributed by atoms with Gasteiger partial charge in [0.15, 0.2) is 6.61 Å². The summed E-state index contributed by atoms with van der Waals surface area (Å²) in [4.78, 5) is 39.2. The fourth-order valence-electron chi connectivity index (χ4n) is 2.24. The minimum atomic E-state index is -0.777. The van der Waals surface area contributed by atoms with Crippen molar-refractivity contribution in [2.45, 2.75) is 6.54 Å². The number of carbonyl (C=O) groups excluding carboxylic acids is 3. The molecule has 0 radical (unpaired) electrons. The third-order valence-electron chi connectivity index (χ3n) is 3.44. The summed E-state index contributed by atoms with van der Waals surface area (Å²) in [5, 5.41) is 7.40. The third kappa shape index (κ3) is 4.22. The lowest BCUT2D eigenvalue weighted by molar-refractivity contribution is -0.123. The minimum absolute atomic E-state index is 0.0582. The van der Waals surface area contributed by atoms with Crippen LogP contribution in [-0.2, 0) is 16.1 Å². The number of hydrogen-bond acceptors (Lipinski definition) is 5. The van der Waals surface area contributed by atoms with Gasteiger partial charge in [-0.3, -0.25) is 10.1 Å². The van der Waals surface area contributed by atoms with Crippen LogP contribution < -0.4 is 10.6 Å². The normalized spacial score (nSPS) is 10.5.